The highest BCUT2D eigenvalue weighted by atomic mass is 32.2. The van der Waals surface area contributed by atoms with Crippen molar-refractivity contribution in [3.05, 3.63) is 64.2 Å². The van der Waals surface area contributed by atoms with Crippen LogP contribution in [0.2, 0.25) is 0 Å². The van der Waals surface area contributed by atoms with E-state index in [1.165, 1.54) is 18.9 Å². The number of nitrogens with one attached hydrogen (secondary N) is 1. The van der Waals surface area contributed by atoms with Gasteiger partial charge in [0.15, 0.2) is 10.9 Å². The van der Waals surface area contributed by atoms with Crippen molar-refractivity contribution in [2.24, 2.45) is 0 Å². The lowest BCUT2D eigenvalue weighted by Crippen LogP contribution is -2.09. The number of hydrogen-bond donors (Lipinski definition) is 1. The van der Waals surface area contributed by atoms with Crippen molar-refractivity contribution in [1.82, 2.24) is 19.7 Å². The minimum Gasteiger partial charge on any atom is -0.465 e. The summed E-state index contributed by atoms with van der Waals surface area (Å²) in [4.78, 5) is 27.7. The molecule has 146 valence electrons. The predicted molar refractivity (Wildman–Crippen MR) is 107 cm³/mol. The third-order valence-corrected chi connectivity index (χ3v) is 5.49. The van der Waals surface area contributed by atoms with E-state index in [1.807, 2.05) is 41.8 Å². The Bertz CT molecular complexity index is 1010. The first kappa shape index (κ1) is 19.9. The summed E-state index contributed by atoms with van der Waals surface area (Å²) in [6, 6.07) is 10.0. The standard InChI is InChI=1S/C20H22N4O3S/c1-12-17(19(26)27-4)13(2)21-18(12)16(25)11-28-20-23-22-14(3)24(20)10-15-8-6-5-7-9-15/h5-9,21H,10-11H2,1-4H3. The Morgan fingerprint density at radius 1 is 1.14 bits per heavy atom. The molecule has 28 heavy (non-hydrogen) atoms. The summed E-state index contributed by atoms with van der Waals surface area (Å²) in [5.41, 5.74) is 3.21. The summed E-state index contributed by atoms with van der Waals surface area (Å²) in [5, 5.41) is 9.03. The molecule has 0 saturated carbocycles. The molecular formula is C20H22N4O3S. The van der Waals surface area contributed by atoms with Crippen molar-refractivity contribution in [3.8, 4) is 0 Å². The molecule has 0 bridgehead atoms. The van der Waals surface area contributed by atoms with E-state index in [0.29, 0.717) is 34.2 Å². The molecule has 0 aliphatic rings. The van der Waals surface area contributed by atoms with Crippen molar-refractivity contribution in [1.29, 1.82) is 0 Å². The Labute approximate surface area is 167 Å². The first-order chi connectivity index (χ1) is 13.4. The maximum atomic E-state index is 12.7. The Kier molecular flexibility index (Phi) is 5.99. The molecular weight excluding hydrogens is 376 g/mol. The number of thioether (sulfide) groups is 1. The number of nitrogens with zero attached hydrogens (tertiary/aromatic N) is 3. The Hall–Kier alpha value is -2.87. The molecule has 0 spiro atoms. The first-order valence-electron chi connectivity index (χ1n) is 8.79. The second kappa shape index (κ2) is 8.43. The van der Waals surface area contributed by atoms with Crippen LogP contribution in [0.5, 0.6) is 0 Å². The summed E-state index contributed by atoms with van der Waals surface area (Å²) < 4.78 is 6.78. The van der Waals surface area contributed by atoms with Gasteiger partial charge in [-0.3, -0.25) is 4.79 Å². The van der Waals surface area contributed by atoms with Crippen LogP contribution in [-0.4, -0.2) is 44.4 Å². The van der Waals surface area contributed by atoms with E-state index < -0.39 is 5.97 Å². The highest BCUT2D eigenvalue weighted by Gasteiger charge is 2.23. The third kappa shape index (κ3) is 4.01. The molecule has 0 saturated heterocycles. The average molecular weight is 398 g/mol. The SMILES string of the molecule is COC(=O)c1c(C)[nH]c(C(=O)CSc2nnc(C)n2Cc2ccccc2)c1C. The number of esters is 1. The average Bonchev–Trinajstić information content (AvgIpc) is 3.19. The van der Waals surface area contributed by atoms with Gasteiger partial charge in [0.1, 0.15) is 5.82 Å². The number of rotatable bonds is 7. The van der Waals surface area contributed by atoms with Gasteiger partial charge in [0.05, 0.1) is 30.7 Å². The van der Waals surface area contributed by atoms with Crippen LogP contribution < -0.4 is 0 Å². The maximum Gasteiger partial charge on any atom is 0.339 e. The smallest absolute Gasteiger partial charge is 0.339 e. The van der Waals surface area contributed by atoms with Gasteiger partial charge in [-0.05, 0) is 31.9 Å². The molecule has 7 nitrogen and oxygen atoms in total. The number of aromatic nitrogens is 4. The molecule has 2 aromatic heterocycles. The predicted octanol–water partition coefficient (Wildman–Crippen LogP) is 3.34. The summed E-state index contributed by atoms with van der Waals surface area (Å²) in [5.74, 6) is 0.427. The normalized spacial score (nSPS) is 10.9. The molecule has 3 aromatic rings. The number of aryl methyl sites for hydroxylation is 2. The van der Waals surface area contributed by atoms with Crippen molar-refractivity contribution in [3.63, 3.8) is 0 Å². The van der Waals surface area contributed by atoms with Crippen LogP contribution in [0, 0.1) is 20.8 Å². The van der Waals surface area contributed by atoms with E-state index >= 15 is 0 Å². The Morgan fingerprint density at radius 2 is 1.86 bits per heavy atom. The molecule has 1 aromatic carbocycles. The molecule has 0 fully saturated rings. The van der Waals surface area contributed by atoms with Gasteiger partial charge < -0.3 is 14.3 Å². The number of hydrogen-bond acceptors (Lipinski definition) is 6. The van der Waals surface area contributed by atoms with E-state index in [-0.39, 0.29) is 11.5 Å². The largest absolute Gasteiger partial charge is 0.465 e. The zero-order valence-corrected chi connectivity index (χ0v) is 17.1. The van der Waals surface area contributed by atoms with Crippen LogP contribution in [0.3, 0.4) is 0 Å². The monoisotopic (exact) mass is 398 g/mol. The van der Waals surface area contributed by atoms with E-state index in [0.717, 1.165) is 11.4 Å². The maximum absolute atomic E-state index is 12.7. The van der Waals surface area contributed by atoms with Gasteiger partial charge in [-0.1, -0.05) is 42.1 Å². The molecule has 0 aliphatic carbocycles. The van der Waals surface area contributed by atoms with Gasteiger partial charge >= 0.3 is 5.97 Å². The number of benzene rings is 1. The van der Waals surface area contributed by atoms with Gasteiger partial charge in [0.2, 0.25) is 0 Å². The van der Waals surface area contributed by atoms with Gasteiger partial charge in [-0.15, -0.1) is 10.2 Å². The highest BCUT2D eigenvalue weighted by molar-refractivity contribution is 7.99. The minimum absolute atomic E-state index is 0.104. The number of methoxy groups -OCH3 is 1. The number of ketones is 1. The third-order valence-electron chi connectivity index (χ3n) is 4.52. The molecule has 0 radical (unpaired) electrons. The summed E-state index contributed by atoms with van der Waals surface area (Å²) in [7, 11) is 1.33. The molecule has 0 aliphatic heterocycles. The fourth-order valence-corrected chi connectivity index (χ4v) is 3.91. The van der Waals surface area contributed by atoms with Crippen molar-refractivity contribution in [2.45, 2.75) is 32.5 Å². The van der Waals surface area contributed by atoms with E-state index in [2.05, 4.69) is 15.2 Å². The zero-order valence-electron chi connectivity index (χ0n) is 16.3. The summed E-state index contributed by atoms with van der Waals surface area (Å²) in [6.45, 7) is 6.03. The summed E-state index contributed by atoms with van der Waals surface area (Å²) in [6.07, 6.45) is 0. The number of aromatic amines is 1. The first-order valence-corrected chi connectivity index (χ1v) is 9.78. The molecule has 0 unspecified atom stereocenters. The van der Waals surface area contributed by atoms with Crippen molar-refractivity contribution in [2.75, 3.05) is 12.9 Å². The van der Waals surface area contributed by atoms with Crippen LogP contribution in [0.15, 0.2) is 35.5 Å². The topological polar surface area (TPSA) is 89.9 Å². The lowest BCUT2D eigenvalue weighted by Gasteiger charge is -2.08. The van der Waals surface area contributed by atoms with Crippen LogP contribution in [-0.2, 0) is 11.3 Å². The van der Waals surface area contributed by atoms with Gasteiger partial charge in [-0.25, -0.2) is 4.79 Å². The molecule has 0 atom stereocenters. The number of H-pyrrole nitrogens is 1. The lowest BCUT2D eigenvalue weighted by atomic mass is 10.1. The Morgan fingerprint density at radius 3 is 2.54 bits per heavy atom. The zero-order chi connectivity index (χ0) is 20.3. The fraction of sp³-hybridized carbons (Fsp3) is 0.300. The second-order valence-electron chi connectivity index (χ2n) is 6.43. The van der Waals surface area contributed by atoms with Gasteiger partial charge in [-0.2, -0.15) is 0 Å². The lowest BCUT2D eigenvalue weighted by molar-refractivity contribution is 0.0599. The second-order valence-corrected chi connectivity index (χ2v) is 7.37. The quantitative estimate of drug-likeness (QED) is 0.373. The Balaban J connectivity index is 1.75. The van der Waals surface area contributed by atoms with Crippen LogP contribution in [0.4, 0.5) is 0 Å². The highest BCUT2D eigenvalue weighted by Crippen LogP contribution is 2.23. The number of Topliss-reactive ketones (excluding diaryl/α,β-unsaturated/α-hetero) is 1. The number of carbonyl (C=O) groups excluding carboxylic acids is 2. The van der Waals surface area contributed by atoms with Crippen LogP contribution in [0.1, 0.15) is 43.5 Å². The fourth-order valence-electron chi connectivity index (χ4n) is 3.06. The molecule has 8 heteroatoms. The van der Waals surface area contributed by atoms with Crippen molar-refractivity contribution >= 4 is 23.5 Å². The van der Waals surface area contributed by atoms with Crippen LogP contribution >= 0.6 is 11.8 Å². The molecule has 2 heterocycles. The molecule has 3 rings (SSSR count). The van der Waals surface area contributed by atoms with E-state index in [9.17, 15) is 9.59 Å². The number of carbonyl (C=O) groups is 2. The van der Waals surface area contributed by atoms with Gasteiger partial charge in [0, 0.05) is 5.69 Å². The summed E-state index contributed by atoms with van der Waals surface area (Å²) >= 11 is 1.33. The molecule has 1 N–H and O–H groups in total. The van der Waals surface area contributed by atoms with Gasteiger partial charge in [0.25, 0.3) is 0 Å². The van der Waals surface area contributed by atoms with Crippen molar-refractivity contribution < 1.29 is 14.3 Å². The minimum atomic E-state index is -0.448. The van der Waals surface area contributed by atoms with E-state index in [4.69, 9.17) is 4.74 Å². The number of ether oxygens (including phenoxy) is 1. The molecule has 0 amide bonds. The van der Waals surface area contributed by atoms with Crippen LogP contribution in [0.25, 0.3) is 0 Å². The van der Waals surface area contributed by atoms with E-state index in [1.54, 1.807) is 13.8 Å².